The molecule has 2 aromatic rings. The molecule has 2 heterocycles. The van der Waals surface area contributed by atoms with Crippen LogP contribution in [-0.2, 0) is 4.74 Å². The Balaban J connectivity index is 2.54. The number of rotatable bonds is 3. The Kier molecular flexibility index (Phi) is 3.37. The number of carbonyl (C=O) groups is 1. The highest BCUT2D eigenvalue weighted by molar-refractivity contribution is 5.97. The zero-order valence-corrected chi connectivity index (χ0v) is 10.8. The van der Waals surface area contributed by atoms with Gasteiger partial charge < -0.3 is 14.0 Å². The predicted molar refractivity (Wildman–Crippen MR) is 71.5 cm³/mol. The number of hydrogen-bond donors (Lipinski definition) is 0. The van der Waals surface area contributed by atoms with Crippen molar-refractivity contribution in [3.05, 3.63) is 47.9 Å². The van der Waals surface area contributed by atoms with E-state index in [9.17, 15) is 4.79 Å². The minimum absolute atomic E-state index is 0.318. The topological polar surface area (TPSA) is 34.0 Å². The maximum Gasteiger partial charge on any atom is 0.339 e. The van der Waals surface area contributed by atoms with E-state index < -0.39 is 0 Å². The Morgan fingerprint density at radius 3 is 2.78 bits per heavy atom. The molecule has 0 saturated carbocycles. The van der Waals surface area contributed by atoms with Crippen molar-refractivity contribution in [1.82, 2.24) is 9.30 Å². The van der Waals surface area contributed by atoms with E-state index in [0.29, 0.717) is 5.56 Å². The first-order chi connectivity index (χ1) is 8.63. The average molecular weight is 244 g/mol. The Hall–Kier alpha value is -2.23. The van der Waals surface area contributed by atoms with Crippen molar-refractivity contribution in [2.24, 2.45) is 0 Å². The van der Waals surface area contributed by atoms with Gasteiger partial charge in [0.05, 0.1) is 18.2 Å². The van der Waals surface area contributed by atoms with Crippen LogP contribution < -0.4 is 0 Å². The maximum absolute atomic E-state index is 11.6. The van der Waals surface area contributed by atoms with Gasteiger partial charge in [0, 0.05) is 32.2 Å². The fourth-order valence-electron chi connectivity index (χ4n) is 1.80. The first-order valence-corrected chi connectivity index (χ1v) is 5.66. The van der Waals surface area contributed by atoms with Gasteiger partial charge >= 0.3 is 5.97 Å². The quantitative estimate of drug-likeness (QED) is 0.777. The first-order valence-electron chi connectivity index (χ1n) is 5.66. The Labute approximate surface area is 106 Å². The Bertz CT molecular complexity index is 597. The standard InChI is InChI=1S/C14H16N2O2/c1-15(2)10-8-11-6-7-12(14(17)18-3)13-5-4-9-16(11)13/h4-10H,1-3H3. The number of hydrogen-bond acceptors (Lipinski definition) is 3. The molecule has 0 radical (unpaired) electrons. The van der Waals surface area contributed by atoms with Crippen LogP contribution in [0.4, 0.5) is 0 Å². The van der Waals surface area contributed by atoms with E-state index >= 15 is 0 Å². The van der Waals surface area contributed by atoms with Gasteiger partial charge in [0.15, 0.2) is 0 Å². The number of methoxy groups -OCH3 is 1. The lowest BCUT2D eigenvalue weighted by Gasteiger charge is -2.08. The van der Waals surface area contributed by atoms with Crippen molar-refractivity contribution in [2.75, 3.05) is 21.2 Å². The molecule has 0 aliphatic rings. The summed E-state index contributed by atoms with van der Waals surface area (Å²) in [6.45, 7) is 0. The molecule has 0 amide bonds. The monoisotopic (exact) mass is 244 g/mol. The third-order valence-electron chi connectivity index (χ3n) is 2.67. The lowest BCUT2D eigenvalue weighted by Crippen LogP contribution is -2.05. The normalized spacial score (nSPS) is 11.1. The van der Waals surface area contributed by atoms with Gasteiger partial charge in [-0.1, -0.05) is 0 Å². The number of aromatic nitrogens is 1. The minimum atomic E-state index is -0.318. The molecule has 0 aliphatic heterocycles. The van der Waals surface area contributed by atoms with Crippen LogP contribution in [0, 0.1) is 0 Å². The van der Waals surface area contributed by atoms with Gasteiger partial charge in [-0.25, -0.2) is 4.79 Å². The zero-order chi connectivity index (χ0) is 13.1. The molecule has 0 spiro atoms. The summed E-state index contributed by atoms with van der Waals surface area (Å²) in [5.41, 5.74) is 2.43. The number of nitrogens with zero attached hydrogens (tertiary/aromatic N) is 2. The van der Waals surface area contributed by atoms with Gasteiger partial charge in [-0.05, 0) is 30.3 Å². The van der Waals surface area contributed by atoms with Crippen LogP contribution in [0.2, 0.25) is 0 Å². The third kappa shape index (κ3) is 2.22. The van der Waals surface area contributed by atoms with Crippen molar-refractivity contribution in [2.45, 2.75) is 0 Å². The molecule has 4 nitrogen and oxygen atoms in total. The van der Waals surface area contributed by atoms with Crippen molar-refractivity contribution >= 4 is 17.6 Å². The SMILES string of the molecule is COC(=O)c1ccc(C=CN(C)C)n2cccc12. The molecule has 4 heteroatoms. The smallest absolute Gasteiger partial charge is 0.339 e. The van der Waals surface area contributed by atoms with Gasteiger partial charge in [-0.2, -0.15) is 0 Å². The third-order valence-corrected chi connectivity index (χ3v) is 2.67. The molecule has 0 atom stereocenters. The maximum atomic E-state index is 11.6. The second-order valence-corrected chi connectivity index (χ2v) is 4.21. The highest BCUT2D eigenvalue weighted by Crippen LogP contribution is 2.17. The second-order valence-electron chi connectivity index (χ2n) is 4.21. The Morgan fingerprint density at radius 1 is 1.33 bits per heavy atom. The first kappa shape index (κ1) is 12.2. The fourth-order valence-corrected chi connectivity index (χ4v) is 1.80. The summed E-state index contributed by atoms with van der Waals surface area (Å²) < 4.78 is 6.74. The summed E-state index contributed by atoms with van der Waals surface area (Å²) in [6, 6.07) is 7.50. The van der Waals surface area contributed by atoms with Gasteiger partial charge in [0.2, 0.25) is 0 Å². The van der Waals surface area contributed by atoms with E-state index in [-0.39, 0.29) is 5.97 Å². The predicted octanol–water partition coefficient (Wildman–Crippen LogP) is 2.26. The summed E-state index contributed by atoms with van der Waals surface area (Å²) >= 11 is 0. The van der Waals surface area contributed by atoms with Gasteiger partial charge in [0.1, 0.15) is 0 Å². The number of carbonyl (C=O) groups excluding carboxylic acids is 1. The van der Waals surface area contributed by atoms with Crippen molar-refractivity contribution in [3.8, 4) is 0 Å². The number of pyridine rings is 1. The molecule has 0 saturated heterocycles. The summed E-state index contributed by atoms with van der Waals surface area (Å²) in [6.07, 6.45) is 5.89. The van der Waals surface area contributed by atoms with E-state index in [1.807, 2.05) is 60.1 Å². The molecular weight excluding hydrogens is 228 g/mol. The van der Waals surface area contributed by atoms with Crippen molar-refractivity contribution < 1.29 is 9.53 Å². The van der Waals surface area contributed by atoms with Crippen molar-refractivity contribution in [1.29, 1.82) is 0 Å². The summed E-state index contributed by atoms with van der Waals surface area (Å²) in [4.78, 5) is 13.6. The lowest BCUT2D eigenvalue weighted by molar-refractivity contribution is 0.0602. The molecule has 0 N–H and O–H groups in total. The van der Waals surface area contributed by atoms with Crippen LogP contribution >= 0.6 is 0 Å². The minimum Gasteiger partial charge on any atom is -0.465 e. The van der Waals surface area contributed by atoms with Gasteiger partial charge in [-0.3, -0.25) is 0 Å². The van der Waals surface area contributed by atoms with Crippen LogP contribution in [0.1, 0.15) is 16.1 Å². The molecule has 94 valence electrons. The molecule has 2 aromatic heterocycles. The Morgan fingerprint density at radius 2 is 2.11 bits per heavy atom. The summed E-state index contributed by atoms with van der Waals surface area (Å²) in [5, 5.41) is 0. The molecule has 0 aliphatic carbocycles. The molecular formula is C14H16N2O2. The van der Waals surface area contributed by atoms with Gasteiger partial charge in [-0.15, -0.1) is 0 Å². The van der Waals surface area contributed by atoms with Gasteiger partial charge in [0.25, 0.3) is 0 Å². The van der Waals surface area contributed by atoms with Crippen molar-refractivity contribution in [3.63, 3.8) is 0 Å². The number of fused-ring (bicyclic) bond motifs is 1. The summed E-state index contributed by atoms with van der Waals surface area (Å²) in [7, 11) is 5.32. The molecule has 18 heavy (non-hydrogen) atoms. The molecule has 2 rings (SSSR count). The number of esters is 1. The van der Waals surface area contributed by atoms with E-state index in [2.05, 4.69) is 0 Å². The fraction of sp³-hybridized carbons (Fsp3) is 0.214. The van der Waals surface area contributed by atoms with E-state index in [0.717, 1.165) is 11.2 Å². The van der Waals surface area contributed by atoms with Crippen LogP contribution in [0.3, 0.4) is 0 Å². The second kappa shape index (κ2) is 4.96. The van der Waals surface area contributed by atoms with Crippen LogP contribution in [-0.4, -0.2) is 36.5 Å². The van der Waals surface area contributed by atoms with Crippen LogP contribution in [0.25, 0.3) is 11.6 Å². The molecule has 0 bridgehead atoms. The highest BCUT2D eigenvalue weighted by Gasteiger charge is 2.11. The highest BCUT2D eigenvalue weighted by atomic mass is 16.5. The van der Waals surface area contributed by atoms with E-state index in [4.69, 9.17) is 4.74 Å². The molecule has 0 aromatic carbocycles. The van der Waals surface area contributed by atoms with Crippen LogP contribution in [0.5, 0.6) is 0 Å². The van der Waals surface area contributed by atoms with Crippen LogP contribution in [0.15, 0.2) is 36.7 Å². The molecule has 0 fully saturated rings. The average Bonchev–Trinajstić information content (AvgIpc) is 2.84. The van der Waals surface area contributed by atoms with E-state index in [1.165, 1.54) is 7.11 Å². The number of ether oxygens (including phenoxy) is 1. The lowest BCUT2D eigenvalue weighted by atomic mass is 10.2. The zero-order valence-electron chi connectivity index (χ0n) is 10.8. The summed E-state index contributed by atoms with van der Waals surface area (Å²) in [5.74, 6) is -0.318. The largest absolute Gasteiger partial charge is 0.465 e. The van der Waals surface area contributed by atoms with E-state index in [1.54, 1.807) is 6.07 Å². The molecule has 0 unspecified atom stereocenters.